The Hall–Kier alpha value is -1.30. The molecule has 23 heavy (non-hydrogen) atoms. The van der Waals surface area contributed by atoms with Crippen molar-refractivity contribution in [2.45, 2.75) is 65.5 Å². The molecule has 0 saturated carbocycles. The van der Waals surface area contributed by atoms with E-state index in [1.54, 1.807) is 0 Å². The number of nitrogens with zero attached hydrogens (tertiary/aromatic N) is 2. The zero-order chi connectivity index (χ0) is 17.3. The average molecular weight is 326 g/mol. The molecule has 6 nitrogen and oxygen atoms in total. The molecule has 0 aromatic carbocycles. The maximum atomic E-state index is 11.9. The first-order valence-electron chi connectivity index (χ1n) is 8.93. The van der Waals surface area contributed by atoms with Crippen LogP contribution in [0.15, 0.2) is 4.99 Å². The Morgan fingerprint density at radius 1 is 1.17 bits per heavy atom. The van der Waals surface area contributed by atoms with Crippen LogP contribution in [0.2, 0.25) is 0 Å². The van der Waals surface area contributed by atoms with Crippen LogP contribution in [0, 0.1) is 0 Å². The number of guanidine groups is 1. The van der Waals surface area contributed by atoms with Crippen LogP contribution < -0.4 is 16.0 Å². The van der Waals surface area contributed by atoms with Crippen molar-refractivity contribution in [3.8, 4) is 0 Å². The Morgan fingerprint density at radius 2 is 1.83 bits per heavy atom. The fourth-order valence-electron chi connectivity index (χ4n) is 2.80. The Bertz CT molecular complexity index is 383. The van der Waals surface area contributed by atoms with Crippen molar-refractivity contribution in [3.63, 3.8) is 0 Å². The number of carbonyl (C=O) groups excluding carboxylic acids is 1. The molecule has 1 unspecified atom stereocenters. The summed E-state index contributed by atoms with van der Waals surface area (Å²) in [5.41, 5.74) is -0.221. The minimum atomic E-state index is -0.221. The van der Waals surface area contributed by atoms with Crippen LogP contribution in [0.5, 0.6) is 0 Å². The highest BCUT2D eigenvalue weighted by atomic mass is 16.2. The monoisotopic (exact) mass is 325 g/mol. The third-order valence-corrected chi connectivity index (χ3v) is 3.87. The predicted octanol–water partition coefficient (Wildman–Crippen LogP) is 1.33. The van der Waals surface area contributed by atoms with Crippen LogP contribution in [0.25, 0.3) is 0 Å². The highest BCUT2D eigenvalue weighted by molar-refractivity contribution is 5.85. The molecule has 1 heterocycles. The smallest absolute Gasteiger partial charge is 0.242 e. The third-order valence-electron chi connectivity index (χ3n) is 3.87. The maximum Gasteiger partial charge on any atom is 0.242 e. The summed E-state index contributed by atoms with van der Waals surface area (Å²) >= 11 is 0. The van der Waals surface area contributed by atoms with Gasteiger partial charge in [-0.05, 0) is 60.0 Å². The van der Waals surface area contributed by atoms with E-state index in [1.807, 2.05) is 27.7 Å². The Labute approximate surface area is 141 Å². The quantitative estimate of drug-likeness (QED) is 0.488. The number of rotatable bonds is 7. The van der Waals surface area contributed by atoms with E-state index in [1.165, 1.54) is 25.9 Å². The van der Waals surface area contributed by atoms with Crippen LogP contribution in [-0.4, -0.2) is 61.1 Å². The minimum Gasteiger partial charge on any atom is -0.357 e. The molecular formula is C17H35N5O. The van der Waals surface area contributed by atoms with Gasteiger partial charge in [0.15, 0.2) is 5.96 Å². The number of carbonyl (C=O) groups is 1. The van der Waals surface area contributed by atoms with E-state index in [2.05, 4.69) is 32.8 Å². The predicted molar refractivity (Wildman–Crippen MR) is 96.8 cm³/mol. The van der Waals surface area contributed by atoms with Crippen LogP contribution in [0.1, 0.15) is 53.9 Å². The molecule has 0 bridgehead atoms. The molecule has 134 valence electrons. The van der Waals surface area contributed by atoms with E-state index >= 15 is 0 Å². The summed E-state index contributed by atoms with van der Waals surface area (Å²) in [6.07, 6.45) is 3.73. The summed E-state index contributed by atoms with van der Waals surface area (Å²) in [4.78, 5) is 18.8. The summed E-state index contributed by atoms with van der Waals surface area (Å²) in [5.74, 6) is 0.662. The third kappa shape index (κ3) is 8.21. The molecule has 1 fully saturated rings. The van der Waals surface area contributed by atoms with Gasteiger partial charge in [0, 0.05) is 24.7 Å². The first-order valence-corrected chi connectivity index (χ1v) is 8.93. The Kier molecular flexibility index (Phi) is 8.37. The zero-order valence-corrected chi connectivity index (χ0v) is 15.5. The summed E-state index contributed by atoms with van der Waals surface area (Å²) in [5, 5.41) is 9.52. The van der Waals surface area contributed by atoms with Gasteiger partial charge in [-0.1, -0.05) is 6.92 Å². The van der Waals surface area contributed by atoms with Crippen molar-refractivity contribution in [1.82, 2.24) is 20.9 Å². The van der Waals surface area contributed by atoms with Crippen molar-refractivity contribution >= 4 is 11.9 Å². The number of hydrogen-bond acceptors (Lipinski definition) is 3. The molecular weight excluding hydrogens is 290 g/mol. The molecule has 6 heteroatoms. The molecule has 0 spiro atoms. The lowest BCUT2D eigenvalue weighted by Crippen LogP contribution is -2.47. The van der Waals surface area contributed by atoms with Gasteiger partial charge < -0.3 is 16.0 Å². The summed E-state index contributed by atoms with van der Waals surface area (Å²) < 4.78 is 0. The number of aliphatic imine (C=N–C) groups is 1. The van der Waals surface area contributed by atoms with Gasteiger partial charge in [-0.25, -0.2) is 4.99 Å². The Morgan fingerprint density at radius 3 is 2.35 bits per heavy atom. The van der Waals surface area contributed by atoms with E-state index in [9.17, 15) is 4.79 Å². The van der Waals surface area contributed by atoms with Gasteiger partial charge >= 0.3 is 0 Å². The first kappa shape index (κ1) is 19.7. The molecule has 3 N–H and O–H groups in total. The molecule has 1 amide bonds. The number of amides is 1. The SMILES string of the molecule is CCNC(=NCC(=O)NC(C)(C)C)NCC(CC)N1CCCC1. The molecule has 0 aromatic heterocycles. The molecule has 1 atom stereocenters. The van der Waals surface area contributed by atoms with E-state index in [-0.39, 0.29) is 18.0 Å². The summed E-state index contributed by atoms with van der Waals surface area (Å²) in [6, 6.07) is 0.532. The average Bonchev–Trinajstić information content (AvgIpc) is 2.97. The largest absolute Gasteiger partial charge is 0.357 e. The van der Waals surface area contributed by atoms with Crippen LogP contribution in [0.3, 0.4) is 0 Å². The second-order valence-corrected chi connectivity index (χ2v) is 7.18. The minimum absolute atomic E-state index is 0.0544. The molecule has 1 aliphatic rings. The van der Waals surface area contributed by atoms with Crippen molar-refractivity contribution in [2.75, 3.05) is 32.7 Å². The maximum absolute atomic E-state index is 11.9. The van der Waals surface area contributed by atoms with Crippen LogP contribution >= 0.6 is 0 Å². The van der Waals surface area contributed by atoms with Gasteiger partial charge in [0.1, 0.15) is 6.54 Å². The number of nitrogens with one attached hydrogen (secondary N) is 3. The van der Waals surface area contributed by atoms with Crippen molar-refractivity contribution in [3.05, 3.63) is 0 Å². The topological polar surface area (TPSA) is 68.8 Å². The number of hydrogen-bond donors (Lipinski definition) is 3. The second kappa shape index (κ2) is 9.75. The molecule has 0 aliphatic carbocycles. The lowest BCUT2D eigenvalue weighted by atomic mass is 10.1. The summed E-state index contributed by atoms with van der Waals surface area (Å²) in [7, 11) is 0. The molecule has 1 saturated heterocycles. The van der Waals surface area contributed by atoms with Gasteiger partial charge in [-0.3, -0.25) is 9.69 Å². The standard InChI is InChI=1S/C17H35N5O/c1-6-14(22-10-8-9-11-22)12-19-16(18-7-2)20-13-15(23)21-17(3,4)5/h14H,6-13H2,1-5H3,(H,21,23)(H2,18,19,20). The molecule has 0 aromatic rings. The van der Waals surface area contributed by atoms with Crippen LogP contribution in [-0.2, 0) is 4.79 Å². The lowest BCUT2D eigenvalue weighted by Gasteiger charge is -2.27. The van der Waals surface area contributed by atoms with Gasteiger partial charge in [-0.2, -0.15) is 0 Å². The zero-order valence-electron chi connectivity index (χ0n) is 15.5. The van der Waals surface area contributed by atoms with Gasteiger partial charge in [0.2, 0.25) is 5.91 Å². The van der Waals surface area contributed by atoms with Gasteiger partial charge in [0.25, 0.3) is 0 Å². The number of likely N-dealkylation sites (tertiary alicyclic amines) is 1. The van der Waals surface area contributed by atoms with Crippen molar-refractivity contribution in [1.29, 1.82) is 0 Å². The normalized spacial score (nSPS) is 17.9. The molecule has 1 aliphatic heterocycles. The fourth-order valence-corrected chi connectivity index (χ4v) is 2.80. The second-order valence-electron chi connectivity index (χ2n) is 7.18. The van der Waals surface area contributed by atoms with E-state index in [4.69, 9.17) is 0 Å². The highest BCUT2D eigenvalue weighted by Gasteiger charge is 2.20. The summed E-state index contributed by atoms with van der Waals surface area (Å²) in [6.45, 7) is 14.4. The first-order chi connectivity index (χ1) is 10.9. The molecule has 1 rings (SSSR count). The van der Waals surface area contributed by atoms with Crippen LogP contribution in [0.4, 0.5) is 0 Å². The van der Waals surface area contributed by atoms with E-state index in [0.717, 1.165) is 19.5 Å². The van der Waals surface area contributed by atoms with Gasteiger partial charge in [0.05, 0.1) is 0 Å². The Balaban J connectivity index is 2.49. The molecule has 0 radical (unpaired) electrons. The van der Waals surface area contributed by atoms with E-state index in [0.29, 0.717) is 12.0 Å². The van der Waals surface area contributed by atoms with Gasteiger partial charge in [-0.15, -0.1) is 0 Å². The highest BCUT2D eigenvalue weighted by Crippen LogP contribution is 2.13. The van der Waals surface area contributed by atoms with Crippen molar-refractivity contribution in [2.24, 2.45) is 4.99 Å². The van der Waals surface area contributed by atoms with Crippen molar-refractivity contribution < 1.29 is 4.79 Å². The fraction of sp³-hybridized carbons (Fsp3) is 0.882. The lowest BCUT2D eigenvalue weighted by molar-refractivity contribution is -0.121. The van der Waals surface area contributed by atoms with E-state index < -0.39 is 0 Å².